The van der Waals surface area contributed by atoms with Gasteiger partial charge in [-0.25, -0.2) is 9.18 Å². The van der Waals surface area contributed by atoms with Gasteiger partial charge in [0.05, 0.1) is 23.0 Å². The van der Waals surface area contributed by atoms with Crippen LogP contribution in [0.4, 0.5) is 15.1 Å². The van der Waals surface area contributed by atoms with Crippen LogP contribution >= 0.6 is 23.1 Å². The molecule has 1 aliphatic carbocycles. The van der Waals surface area contributed by atoms with Gasteiger partial charge >= 0.3 is 5.97 Å². The Labute approximate surface area is 236 Å². The summed E-state index contributed by atoms with van der Waals surface area (Å²) in [5, 5.41) is 5.90. The number of fused-ring (bicyclic) bond motifs is 1. The van der Waals surface area contributed by atoms with Gasteiger partial charge in [-0.15, -0.1) is 23.1 Å². The van der Waals surface area contributed by atoms with Crippen LogP contribution in [-0.4, -0.2) is 29.6 Å². The van der Waals surface area contributed by atoms with Gasteiger partial charge in [-0.05, 0) is 74.9 Å². The van der Waals surface area contributed by atoms with Crippen molar-refractivity contribution in [2.45, 2.75) is 68.9 Å². The van der Waals surface area contributed by atoms with E-state index in [1.54, 1.807) is 31.2 Å². The molecule has 0 aliphatic heterocycles. The van der Waals surface area contributed by atoms with Crippen molar-refractivity contribution in [2.24, 2.45) is 0 Å². The molecular formula is C30H33FN2O4S2. The van der Waals surface area contributed by atoms with Gasteiger partial charge in [0.25, 0.3) is 5.91 Å². The molecule has 2 amide bonds. The van der Waals surface area contributed by atoms with Crippen molar-refractivity contribution in [3.8, 4) is 0 Å². The van der Waals surface area contributed by atoms with E-state index in [0.717, 1.165) is 47.4 Å². The summed E-state index contributed by atoms with van der Waals surface area (Å²) in [5.41, 5.74) is 1.99. The number of hydrogen-bond acceptors (Lipinski definition) is 6. The fourth-order valence-corrected chi connectivity index (χ4v) is 6.89. The Morgan fingerprint density at radius 1 is 1.00 bits per heavy atom. The molecule has 0 radical (unpaired) electrons. The molecule has 206 valence electrons. The molecule has 4 rings (SSSR count). The van der Waals surface area contributed by atoms with Gasteiger partial charge in [0, 0.05) is 15.5 Å². The lowest BCUT2D eigenvalue weighted by Gasteiger charge is -2.16. The minimum Gasteiger partial charge on any atom is -0.462 e. The van der Waals surface area contributed by atoms with Crippen LogP contribution in [0.15, 0.2) is 53.4 Å². The largest absolute Gasteiger partial charge is 0.462 e. The minimum atomic E-state index is -0.591. The van der Waals surface area contributed by atoms with Crippen LogP contribution in [0.25, 0.3) is 0 Å². The van der Waals surface area contributed by atoms with E-state index in [0.29, 0.717) is 22.7 Å². The Hall–Kier alpha value is -3.17. The molecule has 2 aromatic carbocycles. The van der Waals surface area contributed by atoms with Crippen molar-refractivity contribution < 1.29 is 23.5 Å². The van der Waals surface area contributed by atoms with Crippen LogP contribution < -0.4 is 10.6 Å². The number of nitrogens with one attached hydrogen (secondary N) is 2. The highest BCUT2D eigenvalue weighted by atomic mass is 32.2. The summed E-state index contributed by atoms with van der Waals surface area (Å²) < 4.78 is 19.4. The smallest absolute Gasteiger partial charge is 0.341 e. The molecule has 3 aromatic rings. The summed E-state index contributed by atoms with van der Waals surface area (Å²) in [6, 6.07) is 12.9. The van der Waals surface area contributed by atoms with Gasteiger partial charge < -0.3 is 15.4 Å². The number of carbonyl (C=O) groups is 3. The van der Waals surface area contributed by atoms with Gasteiger partial charge in [-0.1, -0.05) is 38.0 Å². The van der Waals surface area contributed by atoms with Crippen molar-refractivity contribution in [2.75, 3.05) is 17.2 Å². The average molecular weight is 569 g/mol. The minimum absolute atomic E-state index is 0.0381. The zero-order chi connectivity index (χ0) is 27.8. The van der Waals surface area contributed by atoms with Gasteiger partial charge in [-0.2, -0.15) is 0 Å². The van der Waals surface area contributed by atoms with Crippen molar-refractivity contribution in [1.29, 1.82) is 0 Å². The zero-order valence-electron chi connectivity index (χ0n) is 22.2. The molecule has 1 unspecified atom stereocenters. The molecule has 2 N–H and O–H groups in total. The van der Waals surface area contributed by atoms with E-state index in [9.17, 15) is 18.8 Å². The second-order valence-corrected chi connectivity index (χ2v) is 11.7. The van der Waals surface area contributed by atoms with Crippen LogP contribution in [0.5, 0.6) is 0 Å². The Morgan fingerprint density at radius 2 is 1.77 bits per heavy atom. The first-order chi connectivity index (χ1) is 18.9. The third-order valence-corrected chi connectivity index (χ3v) is 9.10. The lowest BCUT2D eigenvalue weighted by atomic mass is 9.96. The van der Waals surface area contributed by atoms with Crippen molar-refractivity contribution >= 4 is 51.6 Å². The number of halogens is 1. The molecule has 9 heteroatoms. The van der Waals surface area contributed by atoms with E-state index in [-0.39, 0.29) is 24.0 Å². The van der Waals surface area contributed by atoms with Crippen LogP contribution in [0.2, 0.25) is 0 Å². The van der Waals surface area contributed by atoms with E-state index < -0.39 is 17.0 Å². The molecule has 0 saturated heterocycles. The summed E-state index contributed by atoms with van der Waals surface area (Å²) in [6.45, 7) is 3.98. The number of thioether (sulfide) groups is 1. The number of benzene rings is 2. The fourth-order valence-electron chi connectivity index (χ4n) is 4.60. The van der Waals surface area contributed by atoms with Gasteiger partial charge in [-0.3, -0.25) is 9.59 Å². The molecule has 6 nitrogen and oxygen atoms in total. The number of carbonyl (C=O) groups excluding carboxylic acids is 3. The molecule has 1 heterocycles. The first kappa shape index (κ1) is 28.8. The molecule has 0 saturated carbocycles. The second-order valence-electron chi connectivity index (χ2n) is 9.31. The van der Waals surface area contributed by atoms with Crippen LogP contribution in [0.3, 0.4) is 0 Å². The van der Waals surface area contributed by atoms with E-state index >= 15 is 0 Å². The molecule has 0 spiro atoms. The highest BCUT2D eigenvalue weighted by molar-refractivity contribution is 8.00. The van der Waals surface area contributed by atoms with E-state index in [1.165, 1.54) is 47.7 Å². The van der Waals surface area contributed by atoms with E-state index in [4.69, 9.17) is 4.74 Å². The van der Waals surface area contributed by atoms with Crippen molar-refractivity contribution in [3.63, 3.8) is 0 Å². The monoisotopic (exact) mass is 568 g/mol. The topological polar surface area (TPSA) is 84.5 Å². The highest BCUT2D eigenvalue weighted by Gasteiger charge is 2.28. The summed E-state index contributed by atoms with van der Waals surface area (Å²) in [7, 11) is 0. The number of thiophene rings is 1. The summed E-state index contributed by atoms with van der Waals surface area (Å²) in [4.78, 5) is 40.8. The number of rotatable bonds is 9. The van der Waals surface area contributed by atoms with E-state index in [1.807, 2.05) is 13.0 Å². The van der Waals surface area contributed by atoms with Crippen LogP contribution in [-0.2, 0) is 22.4 Å². The summed E-state index contributed by atoms with van der Waals surface area (Å²) in [6.07, 6.45) is 6.66. The third kappa shape index (κ3) is 7.28. The predicted octanol–water partition coefficient (Wildman–Crippen LogP) is 7.48. The number of ether oxygens (including phenoxy) is 1. The van der Waals surface area contributed by atoms with Crippen LogP contribution in [0.1, 0.15) is 77.1 Å². The number of amides is 2. The standard InChI is InChI=1S/C30H33FN2O4S2/c1-3-24(38-20-13-11-12-19(18-20)32-27(34)21-14-9-10-16-23(21)31)28(35)33-29-26(30(36)37-4-2)22-15-7-5-6-8-17-25(22)39-29/h9-14,16,18,24H,3-8,15,17H2,1-2H3,(H,32,34)(H,33,35). The average Bonchev–Trinajstić information content (AvgIpc) is 3.23. The summed E-state index contributed by atoms with van der Waals surface area (Å²) >= 11 is 2.86. The molecule has 1 aromatic heterocycles. The molecule has 1 atom stereocenters. The Morgan fingerprint density at radius 3 is 2.51 bits per heavy atom. The molecule has 39 heavy (non-hydrogen) atoms. The first-order valence-electron chi connectivity index (χ1n) is 13.4. The van der Waals surface area contributed by atoms with E-state index in [2.05, 4.69) is 10.6 Å². The lowest BCUT2D eigenvalue weighted by molar-refractivity contribution is -0.115. The molecule has 0 fully saturated rings. The second kappa shape index (κ2) is 13.8. The first-order valence-corrected chi connectivity index (χ1v) is 15.1. The fraction of sp³-hybridized carbons (Fsp3) is 0.367. The van der Waals surface area contributed by atoms with Gasteiger partial charge in [0.15, 0.2) is 0 Å². The Bertz CT molecular complexity index is 1340. The maximum Gasteiger partial charge on any atom is 0.341 e. The zero-order valence-corrected chi connectivity index (χ0v) is 23.8. The normalized spacial score (nSPS) is 13.9. The van der Waals surface area contributed by atoms with Gasteiger partial charge in [0.2, 0.25) is 5.91 Å². The number of esters is 1. The Balaban J connectivity index is 1.50. The predicted molar refractivity (Wildman–Crippen MR) is 156 cm³/mol. The SMILES string of the molecule is CCOC(=O)c1c(NC(=O)C(CC)Sc2cccc(NC(=O)c3ccccc3F)c2)sc2c1CCCCCC2. The quantitative estimate of drug-likeness (QED) is 0.206. The Kier molecular flexibility index (Phi) is 10.2. The third-order valence-electron chi connectivity index (χ3n) is 6.54. The van der Waals surface area contributed by atoms with Crippen molar-refractivity contribution in [3.05, 3.63) is 75.9 Å². The maximum absolute atomic E-state index is 14.0. The molecule has 0 bridgehead atoms. The lowest BCUT2D eigenvalue weighted by Crippen LogP contribution is -2.25. The number of anilines is 2. The van der Waals surface area contributed by atoms with Crippen LogP contribution in [0, 0.1) is 5.82 Å². The number of hydrogen-bond donors (Lipinski definition) is 2. The maximum atomic E-state index is 14.0. The van der Waals surface area contributed by atoms with Crippen molar-refractivity contribution in [1.82, 2.24) is 0 Å². The molecular weight excluding hydrogens is 535 g/mol. The highest BCUT2D eigenvalue weighted by Crippen LogP contribution is 2.38. The summed E-state index contributed by atoms with van der Waals surface area (Å²) in [5.74, 6) is -1.71. The molecule has 1 aliphatic rings. The number of aryl methyl sites for hydroxylation is 1. The van der Waals surface area contributed by atoms with Gasteiger partial charge in [0.1, 0.15) is 10.8 Å².